The second-order valence-corrected chi connectivity index (χ2v) is 4.33. The van der Waals surface area contributed by atoms with E-state index >= 15 is 0 Å². The molecule has 2 amide bonds. The van der Waals surface area contributed by atoms with E-state index in [-0.39, 0.29) is 0 Å². The molecular formula is C16H13N3O3. The third kappa shape index (κ3) is 3.84. The molecule has 0 aliphatic heterocycles. The molecule has 0 spiro atoms. The minimum absolute atomic E-state index is 0.439. The highest BCUT2D eigenvalue weighted by Crippen LogP contribution is 2.15. The van der Waals surface area contributed by atoms with Gasteiger partial charge in [-0.05, 0) is 48.5 Å². The summed E-state index contributed by atoms with van der Waals surface area (Å²) in [5.41, 5.74) is 1.40. The Kier molecular flexibility index (Phi) is 4.73. The molecule has 2 aromatic rings. The largest absolute Gasteiger partial charge is 0.497 e. The number of methoxy groups -OCH3 is 1. The van der Waals surface area contributed by atoms with Gasteiger partial charge in [0.05, 0.1) is 18.7 Å². The van der Waals surface area contributed by atoms with Gasteiger partial charge in [0.25, 0.3) is 0 Å². The van der Waals surface area contributed by atoms with E-state index in [1.54, 1.807) is 55.6 Å². The second-order valence-electron chi connectivity index (χ2n) is 4.33. The van der Waals surface area contributed by atoms with Crippen LogP contribution in [0.15, 0.2) is 48.5 Å². The maximum absolute atomic E-state index is 11.8. The zero-order valence-electron chi connectivity index (χ0n) is 11.8. The van der Waals surface area contributed by atoms with E-state index in [1.165, 1.54) is 0 Å². The number of rotatable bonds is 3. The van der Waals surface area contributed by atoms with Crippen LogP contribution in [0.3, 0.4) is 0 Å². The van der Waals surface area contributed by atoms with Gasteiger partial charge in [0.2, 0.25) is 0 Å². The van der Waals surface area contributed by atoms with Crippen LogP contribution < -0.4 is 15.4 Å². The summed E-state index contributed by atoms with van der Waals surface area (Å²) in [7, 11) is 1.54. The van der Waals surface area contributed by atoms with Crippen LogP contribution in [-0.2, 0) is 9.59 Å². The highest BCUT2D eigenvalue weighted by Gasteiger charge is 2.14. The van der Waals surface area contributed by atoms with Gasteiger partial charge in [-0.25, -0.2) is 0 Å². The van der Waals surface area contributed by atoms with E-state index in [0.29, 0.717) is 22.7 Å². The van der Waals surface area contributed by atoms with Crippen molar-refractivity contribution in [1.29, 1.82) is 5.26 Å². The molecule has 0 fully saturated rings. The first-order valence-corrected chi connectivity index (χ1v) is 6.39. The molecule has 0 atom stereocenters. The van der Waals surface area contributed by atoms with E-state index in [1.807, 2.05) is 6.07 Å². The summed E-state index contributed by atoms with van der Waals surface area (Å²) in [5.74, 6) is -0.921. The molecule has 2 rings (SSSR count). The van der Waals surface area contributed by atoms with Gasteiger partial charge in [0.1, 0.15) is 5.75 Å². The lowest BCUT2D eigenvalue weighted by Crippen LogP contribution is -2.29. The van der Waals surface area contributed by atoms with E-state index in [0.717, 1.165) is 0 Å². The number of benzene rings is 2. The number of nitrogens with one attached hydrogen (secondary N) is 2. The Balaban J connectivity index is 1.96. The van der Waals surface area contributed by atoms with Crippen molar-refractivity contribution in [1.82, 2.24) is 0 Å². The minimum atomic E-state index is -0.791. The van der Waals surface area contributed by atoms with E-state index in [2.05, 4.69) is 10.6 Å². The fourth-order valence-corrected chi connectivity index (χ4v) is 1.68. The average Bonchev–Trinajstić information content (AvgIpc) is 2.56. The number of hydrogen-bond donors (Lipinski definition) is 2. The molecule has 0 aliphatic carbocycles. The van der Waals surface area contributed by atoms with Crippen molar-refractivity contribution in [3.8, 4) is 11.8 Å². The smallest absolute Gasteiger partial charge is 0.314 e. The van der Waals surface area contributed by atoms with Gasteiger partial charge in [-0.15, -0.1) is 0 Å². The standard InChI is InChI=1S/C16H13N3O3/c1-22-14-8-6-13(7-9-14)19-16(21)15(20)18-12-4-2-11(10-17)3-5-12/h2-9H,1H3,(H,18,20)(H,19,21). The van der Waals surface area contributed by atoms with E-state index in [9.17, 15) is 9.59 Å². The molecule has 6 nitrogen and oxygen atoms in total. The van der Waals surface area contributed by atoms with Crippen molar-refractivity contribution in [3.63, 3.8) is 0 Å². The Morgan fingerprint density at radius 2 is 1.36 bits per heavy atom. The Labute approximate surface area is 127 Å². The summed E-state index contributed by atoms with van der Waals surface area (Å²) in [4.78, 5) is 23.6. The molecule has 0 aliphatic rings. The van der Waals surface area contributed by atoms with Gasteiger partial charge in [0, 0.05) is 11.4 Å². The van der Waals surface area contributed by atoms with Gasteiger partial charge in [0.15, 0.2) is 0 Å². The average molecular weight is 295 g/mol. The van der Waals surface area contributed by atoms with Gasteiger partial charge in [-0.2, -0.15) is 5.26 Å². The molecule has 22 heavy (non-hydrogen) atoms. The summed E-state index contributed by atoms with van der Waals surface area (Å²) in [6, 6.07) is 14.8. The predicted octanol–water partition coefficient (Wildman–Crippen LogP) is 2.14. The Morgan fingerprint density at radius 3 is 1.77 bits per heavy atom. The fraction of sp³-hybridized carbons (Fsp3) is 0.0625. The van der Waals surface area contributed by atoms with Crippen molar-refractivity contribution in [3.05, 3.63) is 54.1 Å². The molecule has 0 unspecified atom stereocenters. The summed E-state index contributed by atoms with van der Waals surface area (Å²) >= 11 is 0. The van der Waals surface area contributed by atoms with Crippen molar-refractivity contribution >= 4 is 23.2 Å². The monoisotopic (exact) mass is 295 g/mol. The molecule has 2 aromatic carbocycles. The lowest BCUT2D eigenvalue weighted by molar-refractivity contribution is -0.132. The van der Waals surface area contributed by atoms with Crippen molar-refractivity contribution in [2.75, 3.05) is 17.7 Å². The van der Waals surface area contributed by atoms with Crippen LogP contribution in [0.2, 0.25) is 0 Å². The third-order valence-electron chi connectivity index (χ3n) is 2.83. The first-order chi connectivity index (χ1) is 10.6. The van der Waals surface area contributed by atoms with E-state index < -0.39 is 11.8 Å². The fourth-order valence-electron chi connectivity index (χ4n) is 1.68. The quantitative estimate of drug-likeness (QED) is 0.849. The Bertz CT molecular complexity index is 716. The van der Waals surface area contributed by atoms with Crippen LogP contribution in [0.1, 0.15) is 5.56 Å². The molecule has 0 bridgehead atoms. The summed E-state index contributed by atoms with van der Waals surface area (Å²) < 4.78 is 5.00. The molecule has 6 heteroatoms. The first-order valence-electron chi connectivity index (χ1n) is 6.39. The van der Waals surface area contributed by atoms with Gasteiger partial charge in [-0.1, -0.05) is 0 Å². The SMILES string of the molecule is COc1ccc(NC(=O)C(=O)Nc2ccc(C#N)cc2)cc1. The van der Waals surface area contributed by atoms with Crippen LogP contribution in [0.5, 0.6) is 5.75 Å². The highest BCUT2D eigenvalue weighted by atomic mass is 16.5. The third-order valence-corrected chi connectivity index (χ3v) is 2.83. The van der Waals surface area contributed by atoms with Crippen molar-refractivity contribution < 1.29 is 14.3 Å². The summed E-state index contributed by atoms with van der Waals surface area (Å²) in [5, 5.41) is 13.6. The van der Waals surface area contributed by atoms with Crippen LogP contribution in [-0.4, -0.2) is 18.9 Å². The number of carbonyl (C=O) groups is 2. The zero-order chi connectivity index (χ0) is 15.9. The topological polar surface area (TPSA) is 91.2 Å². The maximum atomic E-state index is 11.8. The lowest BCUT2D eigenvalue weighted by Gasteiger charge is -2.07. The highest BCUT2D eigenvalue weighted by molar-refractivity contribution is 6.43. The molecule has 0 heterocycles. The number of carbonyl (C=O) groups excluding carboxylic acids is 2. The molecule has 0 aromatic heterocycles. The molecule has 0 saturated heterocycles. The number of ether oxygens (including phenoxy) is 1. The normalized spacial score (nSPS) is 9.45. The predicted molar refractivity (Wildman–Crippen MR) is 81.4 cm³/mol. The van der Waals surface area contributed by atoms with Crippen LogP contribution in [0.4, 0.5) is 11.4 Å². The first kappa shape index (κ1) is 15.1. The van der Waals surface area contributed by atoms with Crippen LogP contribution in [0, 0.1) is 11.3 Å². The Hall–Kier alpha value is -3.33. The summed E-state index contributed by atoms with van der Waals surface area (Å²) in [6.07, 6.45) is 0. The minimum Gasteiger partial charge on any atom is -0.497 e. The second kappa shape index (κ2) is 6.90. The number of hydrogen-bond acceptors (Lipinski definition) is 4. The van der Waals surface area contributed by atoms with Gasteiger partial charge >= 0.3 is 11.8 Å². The molecule has 2 N–H and O–H groups in total. The van der Waals surface area contributed by atoms with E-state index in [4.69, 9.17) is 10.00 Å². The summed E-state index contributed by atoms with van der Waals surface area (Å²) in [6.45, 7) is 0. The molecule has 0 saturated carbocycles. The van der Waals surface area contributed by atoms with Crippen molar-refractivity contribution in [2.24, 2.45) is 0 Å². The van der Waals surface area contributed by atoms with Gasteiger partial charge in [-0.3, -0.25) is 9.59 Å². The Morgan fingerprint density at radius 1 is 0.909 bits per heavy atom. The number of anilines is 2. The zero-order valence-corrected chi connectivity index (χ0v) is 11.8. The molecule has 110 valence electrons. The molecule has 0 radical (unpaired) electrons. The lowest BCUT2D eigenvalue weighted by atomic mass is 10.2. The van der Waals surface area contributed by atoms with Crippen LogP contribution >= 0.6 is 0 Å². The molecular weight excluding hydrogens is 282 g/mol. The number of amides is 2. The van der Waals surface area contributed by atoms with Crippen molar-refractivity contribution in [2.45, 2.75) is 0 Å². The van der Waals surface area contributed by atoms with Crippen LogP contribution in [0.25, 0.3) is 0 Å². The number of nitriles is 1. The number of nitrogens with zero attached hydrogens (tertiary/aromatic N) is 1. The maximum Gasteiger partial charge on any atom is 0.314 e. The van der Waals surface area contributed by atoms with Gasteiger partial charge < -0.3 is 15.4 Å².